The molecule has 1 fully saturated rings. The van der Waals surface area contributed by atoms with E-state index in [1.165, 1.54) is 0 Å². The van der Waals surface area contributed by atoms with Crippen LogP contribution in [0.3, 0.4) is 0 Å². The third-order valence-corrected chi connectivity index (χ3v) is 3.89. The Morgan fingerprint density at radius 2 is 2.29 bits per heavy atom. The van der Waals surface area contributed by atoms with Crippen LogP contribution in [0.2, 0.25) is 0 Å². The molecule has 1 aromatic rings. The summed E-state index contributed by atoms with van der Waals surface area (Å²) in [5, 5.41) is 12.0. The van der Waals surface area contributed by atoms with Gasteiger partial charge in [0.15, 0.2) is 0 Å². The summed E-state index contributed by atoms with van der Waals surface area (Å²) in [7, 11) is 0. The minimum atomic E-state index is -0.590. The fourth-order valence-electron chi connectivity index (χ4n) is 2.71. The molecule has 0 aromatic heterocycles. The Bertz CT molecular complexity index is 510. The summed E-state index contributed by atoms with van der Waals surface area (Å²) in [5.74, 6) is -1.07. The number of halogens is 2. The van der Waals surface area contributed by atoms with Gasteiger partial charge in [-0.15, -0.1) is 0 Å². The Morgan fingerprint density at radius 3 is 2.95 bits per heavy atom. The van der Waals surface area contributed by atoms with E-state index < -0.39 is 17.7 Å². The van der Waals surface area contributed by atoms with Crippen molar-refractivity contribution in [3.63, 3.8) is 0 Å². The topological polar surface area (TPSA) is 52.6 Å². The molecule has 2 unspecified atom stereocenters. The lowest BCUT2D eigenvalue weighted by atomic mass is 10.0. The first-order valence-electron chi connectivity index (χ1n) is 7.19. The van der Waals surface area contributed by atoms with Gasteiger partial charge in [-0.2, -0.15) is 0 Å². The zero-order valence-corrected chi connectivity index (χ0v) is 12.0. The van der Waals surface area contributed by atoms with Gasteiger partial charge in [-0.1, -0.05) is 6.92 Å². The normalized spacial score (nSPS) is 19.6. The number of rotatable bonds is 4. The summed E-state index contributed by atoms with van der Waals surface area (Å²) in [4.78, 5) is 13.8. The lowest BCUT2D eigenvalue weighted by Crippen LogP contribution is -2.45. The van der Waals surface area contributed by atoms with Crippen molar-refractivity contribution >= 4 is 6.03 Å². The average molecular weight is 298 g/mol. The van der Waals surface area contributed by atoms with E-state index in [1.807, 2.05) is 0 Å². The number of hydrogen-bond donors (Lipinski definition) is 2. The van der Waals surface area contributed by atoms with Gasteiger partial charge in [0, 0.05) is 12.1 Å². The van der Waals surface area contributed by atoms with Crippen molar-refractivity contribution in [2.24, 2.45) is 0 Å². The standard InChI is InChI=1S/C15H20F2N2O2/c1-2-14(12-8-10(16)5-6-13(12)17)18-15(21)19-7-3-4-11(19)9-20/h5-6,8,11,14,20H,2-4,7,9H2,1H3,(H,18,21). The molecule has 2 rings (SSSR count). The van der Waals surface area contributed by atoms with Crippen LogP contribution in [0.4, 0.5) is 13.6 Å². The van der Waals surface area contributed by atoms with Gasteiger partial charge in [0.1, 0.15) is 11.6 Å². The molecule has 6 heteroatoms. The molecule has 0 bridgehead atoms. The van der Waals surface area contributed by atoms with Crippen LogP contribution in [0, 0.1) is 11.6 Å². The molecule has 2 atom stereocenters. The number of aliphatic hydroxyl groups is 1. The first kappa shape index (κ1) is 15.7. The summed E-state index contributed by atoms with van der Waals surface area (Å²) >= 11 is 0. The number of carbonyl (C=O) groups is 1. The summed E-state index contributed by atoms with van der Waals surface area (Å²) in [6, 6.07) is 2.09. The highest BCUT2D eigenvalue weighted by atomic mass is 19.1. The number of likely N-dealkylation sites (tertiary alicyclic amines) is 1. The second-order valence-electron chi connectivity index (χ2n) is 5.25. The van der Waals surface area contributed by atoms with Crippen molar-refractivity contribution in [2.75, 3.05) is 13.2 Å². The van der Waals surface area contributed by atoms with Crippen LogP contribution in [0.25, 0.3) is 0 Å². The highest BCUT2D eigenvalue weighted by molar-refractivity contribution is 5.75. The fourth-order valence-corrected chi connectivity index (χ4v) is 2.71. The van der Waals surface area contributed by atoms with Gasteiger partial charge in [0.05, 0.1) is 18.7 Å². The van der Waals surface area contributed by atoms with Crippen molar-refractivity contribution < 1.29 is 18.7 Å². The Balaban J connectivity index is 2.11. The van der Waals surface area contributed by atoms with Gasteiger partial charge in [-0.05, 0) is 37.5 Å². The Labute approximate surface area is 122 Å². The van der Waals surface area contributed by atoms with Crippen LogP contribution >= 0.6 is 0 Å². The van der Waals surface area contributed by atoms with E-state index in [0.29, 0.717) is 13.0 Å². The monoisotopic (exact) mass is 298 g/mol. The molecule has 4 nitrogen and oxygen atoms in total. The van der Waals surface area contributed by atoms with Gasteiger partial charge >= 0.3 is 6.03 Å². The van der Waals surface area contributed by atoms with E-state index in [-0.39, 0.29) is 24.2 Å². The molecule has 21 heavy (non-hydrogen) atoms. The maximum Gasteiger partial charge on any atom is 0.318 e. The number of hydrogen-bond acceptors (Lipinski definition) is 2. The average Bonchev–Trinajstić information content (AvgIpc) is 2.96. The van der Waals surface area contributed by atoms with E-state index >= 15 is 0 Å². The van der Waals surface area contributed by atoms with Crippen LogP contribution in [-0.2, 0) is 0 Å². The van der Waals surface area contributed by atoms with E-state index in [1.54, 1.807) is 11.8 Å². The highest BCUT2D eigenvalue weighted by Crippen LogP contribution is 2.23. The zero-order chi connectivity index (χ0) is 15.4. The third-order valence-electron chi connectivity index (χ3n) is 3.89. The van der Waals surface area contributed by atoms with Gasteiger partial charge in [-0.3, -0.25) is 0 Å². The molecule has 2 amide bonds. The molecule has 1 saturated heterocycles. The second kappa shape index (κ2) is 6.85. The zero-order valence-electron chi connectivity index (χ0n) is 12.0. The van der Waals surface area contributed by atoms with E-state index in [0.717, 1.165) is 31.0 Å². The maximum atomic E-state index is 13.8. The Morgan fingerprint density at radius 1 is 1.52 bits per heavy atom. The lowest BCUT2D eigenvalue weighted by molar-refractivity contribution is 0.154. The molecule has 0 radical (unpaired) electrons. The number of benzene rings is 1. The van der Waals surface area contributed by atoms with Crippen LogP contribution in [0.1, 0.15) is 37.8 Å². The summed E-state index contributed by atoms with van der Waals surface area (Å²) in [6.45, 7) is 2.28. The van der Waals surface area contributed by atoms with Gasteiger partial charge in [-0.25, -0.2) is 13.6 Å². The maximum absolute atomic E-state index is 13.8. The third kappa shape index (κ3) is 3.50. The molecule has 0 saturated carbocycles. The molecule has 0 aliphatic carbocycles. The number of urea groups is 1. The Hall–Kier alpha value is -1.69. The van der Waals surface area contributed by atoms with Gasteiger partial charge in [0.2, 0.25) is 0 Å². The van der Waals surface area contributed by atoms with E-state index in [9.17, 15) is 18.7 Å². The minimum Gasteiger partial charge on any atom is -0.394 e. The van der Waals surface area contributed by atoms with Crippen molar-refractivity contribution in [2.45, 2.75) is 38.3 Å². The van der Waals surface area contributed by atoms with Crippen molar-refractivity contribution in [1.82, 2.24) is 10.2 Å². The van der Waals surface area contributed by atoms with Crippen LogP contribution < -0.4 is 5.32 Å². The van der Waals surface area contributed by atoms with Crippen LogP contribution in [0.5, 0.6) is 0 Å². The summed E-state index contributed by atoms with van der Waals surface area (Å²) in [5.41, 5.74) is 0.144. The van der Waals surface area contributed by atoms with Crippen molar-refractivity contribution in [1.29, 1.82) is 0 Å². The molecule has 1 aliphatic rings. The molecule has 1 aromatic carbocycles. The number of nitrogens with zero attached hydrogens (tertiary/aromatic N) is 1. The molecule has 116 valence electrons. The number of aliphatic hydroxyl groups excluding tert-OH is 1. The predicted octanol–water partition coefficient (Wildman–Crippen LogP) is 2.58. The molecule has 1 aliphatic heterocycles. The molecular weight excluding hydrogens is 278 g/mol. The highest BCUT2D eigenvalue weighted by Gasteiger charge is 2.29. The molecule has 2 N–H and O–H groups in total. The van der Waals surface area contributed by atoms with E-state index in [4.69, 9.17) is 0 Å². The first-order chi connectivity index (χ1) is 10.1. The minimum absolute atomic E-state index is 0.0848. The number of carbonyl (C=O) groups excluding carboxylic acids is 1. The Kier molecular flexibility index (Phi) is 5.12. The number of amides is 2. The van der Waals surface area contributed by atoms with Crippen LogP contribution in [0.15, 0.2) is 18.2 Å². The van der Waals surface area contributed by atoms with Crippen molar-refractivity contribution in [3.8, 4) is 0 Å². The van der Waals surface area contributed by atoms with Crippen LogP contribution in [-0.4, -0.2) is 35.2 Å². The predicted molar refractivity (Wildman–Crippen MR) is 74.7 cm³/mol. The number of nitrogens with one attached hydrogen (secondary N) is 1. The van der Waals surface area contributed by atoms with Crippen molar-refractivity contribution in [3.05, 3.63) is 35.4 Å². The lowest BCUT2D eigenvalue weighted by Gasteiger charge is -2.27. The molecule has 0 spiro atoms. The van der Waals surface area contributed by atoms with Gasteiger partial charge < -0.3 is 15.3 Å². The second-order valence-corrected chi connectivity index (χ2v) is 5.25. The smallest absolute Gasteiger partial charge is 0.318 e. The first-order valence-corrected chi connectivity index (χ1v) is 7.19. The largest absolute Gasteiger partial charge is 0.394 e. The van der Waals surface area contributed by atoms with E-state index in [2.05, 4.69) is 5.32 Å². The summed E-state index contributed by atoms with van der Waals surface area (Å²) < 4.78 is 27.1. The SMILES string of the molecule is CCC(NC(=O)N1CCCC1CO)c1cc(F)ccc1F. The quantitative estimate of drug-likeness (QED) is 0.897. The molecular formula is C15H20F2N2O2. The molecule has 1 heterocycles. The fraction of sp³-hybridized carbons (Fsp3) is 0.533. The van der Waals surface area contributed by atoms with Gasteiger partial charge in [0.25, 0.3) is 0 Å². The summed E-state index contributed by atoms with van der Waals surface area (Å²) in [6.07, 6.45) is 2.04.